The molecule has 0 rings (SSSR count). The van der Waals surface area contributed by atoms with Crippen molar-refractivity contribution < 1.29 is 4.79 Å². The van der Waals surface area contributed by atoms with Gasteiger partial charge in [-0.25, -0.2) is 0 Å². The summed E-state index contributed by atoms with van der Waals surface area (Å²) in [6.07, 6.45) is 2.69. The zero-order chi connectivity index (χ0) is 13.3. The van der Waals surface area contributed by atoms with E-state index in [1.54, 1.807) is 0 Å². The Morgan fingerprint density at radius 2 is 1.76 bits per heavy atom. The Hall–Kier alpha value is -0.610. The quantitative estimate of drug-likeness (QED) is 0.534. The molecule has 0 aromatic heterocycles. The van der Waals surface area contributed by atoms with Crippen molar-refractivity contribution in [1.82, 2.24) is 10.6 Å². The monoisotopic (exact) mass is 243 g/mol. The maximum absolute atomic E-state index is 11.6. The molecule has 102 valence electrons. The summed E-state index contributed by atoms with van der Waals surface area (Å²) in [6, 6.07) is 0.127. The third-order valence-corrected chi connectivity index (χ3v) is 2.60. The fourth-order valence-electron chi connectivity index (χ4n) is 1.46. The first-order valence-electron chi connectivity index (χ1n) is 6.70. The molecule has 1 atom stereocenters. The van der Waals surface area contributed by atoms with Crippen molar-refractivity contribution in [1.29, 1.82) is 0 Å². The highest BCUT2D eigenvalue weighted by molar-refractivity contribution is 5.81. The van der Waals surface area contributed by atoms with E-state index in [0.717, 1.165) is 32.4 Å². The number of amides is 1. The number of nitrogens with one attached hydrogen (secondary N) is 2. The maximum atomic E-state index is 11.6. The van der Waals surface area contributed by atoms with Gasteiger partial charge >= 0.3 is 0 Å². The van der Waals surface area contributed by atoms with E-state index in [4.69, 9.17) is 5.73 Å². The molecule has 0 aliphatic carbocycles. The molecule has 4 heteroatoms. The van der Waals surface area contributed by atoms with Gasteiger partial charge in [0.2, 0.25) is 5.91 Å². The van der Waals surface area contributed by atoms with E-state index in [-0.39, 0.29) is 11.9 Å². The predicted molar refractivity (Wildman–Crippen MR) is 72.8 cm³/mol. The fourth-order valence-corrected chi connectivity index (χ4v) is 1.46. The Labute approximate surface area is 106 Å². The Kier molecular flexibility index (Phi) is 9.09. The van der Waals surface area contributed by atoms with Gasteiger partial charge in [-0.3, -0.25) is 4.79 Å². The molecule has 0 saturated heterocycles. The third kappa shape index (κ3) is 10.3. The molecule has 17 heavy (non-hydrogen) atoms. The van der Waals surface area contributed by atoms with Crippen LogP contribution in [-0.4, -0.2) is 31.1 Å². The predicted octanol–water partition coefficient (Wildman–Crippen LogP) is 1.25. The zero-order valence-corrected chi connectivity index (χ0v) is 11.8. The summed E-state index contributed by atoms with van der Waals surface area (Å²) in [6.45, 7) is 10.2. The van der Waals surface area contributed by atoms with Crippen LogP contribution in [0.4, 0.5) is 0 Å². The standard InChI is InChI=1S/C13H29N3O/c1-10(2)7-9-16-13(17)12(14)6-5-8-15-11(3)4/h10-12,15H,5-9,14H2,1-4H3,(H,16,17)/t12-/m0/s1. The fraction of sp³-hybridized carbons (Fsp3) is 0.923. The minimum Gasteiger partial charge on any atom is -0.355 e. The van der Waals surface area contributed by atoms with Gasteiger partial charge in [0.1, 0.15) is 0 Å². The normalized spacial score (nSPS) is 13.1. The molecule has 0 heterocycles. The first-order valence-corrected chi connectivity index (χ1v) is 6.70. The SMILES string of the molecule is CC(C)CCNC(=O)[C@@H](N)CCCNC(C)C. The van der Waals surface area contributed by atoms with Gasteiger partial charge in [-0.1, -0.05) is 27.7 Å². The highest BCUT2D eigenvalue weighted by atomic mass is 16.2. The molecule has 0 unspecified atom stereocenters. The highest BCUT2D eigenvalue weighted by Crippen LogP contribution is 1.98. The zero-order valence-electron chi connectivity index (χ0n) is 11.8. The number of rotatable bonds is 9. The maximum Gasteiger partial charge on any atom is 0.236 e. The van der Waals surface area contributed by atoms with Gasteiger partial charge in [0, 0.05) is 12.6 Å². The van der Waals surface area contributed by atoms with Gasteiger partial charge in [-0.05, 0) is 31.7 Å². The molecule has 0 spiro atoms. The Balaban J connectivity index is 3.53. The van der Waals surface area contributed by atoms with Crippen LogP contribution in [-0.2, 0) is 4.79 Å². The Morgan fingerprint density at radius 1 is 1.12 bits per heavy atom. The van der Waals surface area contributed by atoms with E-state index in [9.17, 15) is 4.79 Å². The summed E-state index contributed by atoms with van der Waals surface area (Å²) < 4.78 is 0. The van der Waals surface area contributed by atoms with Crippen LogP contribution in [0.25, 0.3) is 0 Å². The van der Waals surface area contributed by atoms with E-state index >= 15 is 0 Å². The number of hydrogen-bond acceptors (Lipinski definition) is 3. The second-order valence-electron chi connectivity index (χ2n) is 5.33. The molecule has 1 amide bonds. The lowest BCUT2D eigenvalue weighted by Crippen LogP contribution is -2.41. The highest BCUT2D eigenvalue weighted by Gasteiger charge is 2.12. The lowest BCUT2D eigenvalue weighted by Gasteiger charge is -2.14. The first kappa shape index (κ1) is 16.4. The minimum absolute atomic E-state index is 0.0183. The van der Waals surface area contributed by atoms with Gasteiger partial charge in [0.25, 0.3) is 0 Å². The number of hydrogen-bond donors (Lipinski definition) is 3. The van der Waals surface area contributed by atoms with Gasteiger partial charge in [-0.2, -0.15) is 0 Å². The van der Waals surface area contributed by atoms with Gasteiger partial charge in [-0.15, -0.1) is 0 Å². The van der Waals surface area contributed by atoms with Crippen molar-refractivity contribution in [3.05, 3.63) is 0 Å². The topological polar surface area (TPSA) is 67.2 Å². The van der Waals surface area contributed by atoms with E-state index in [1.165, 1.54) is 0 Å². The van der Waals surface area contributed by atoms with Crippen LogP contribution in [0.2, 0.25) is 0 Å². The molecular weight excluding hydrogens is 214 g/mol. The average Bonchev–Trinajstić information content (AvgIpc) is 2.23. The van der Waals surface area contributed by atoms with Gasteiger partial charge in [0.05, 0.1) is 6.04 Å². The second-order valence-corrected chi connectivity index (χ2v) is 5.33. The number of carbonyl (C=O) groups is 1. The van der Waals surface area contributed by atoms with Gasteiger partial charge in [0.15, 0.2) is 0 Å². The van der Waals surface area contributed by atoms with Crippen LogP contribution >= 0.6 is 0 Å². The molecule has 4 N–H and O–H groups in total. The van der Waals surface area contributed by atoms with E-state index < -0.39 is 0 Å². The first-order chi connectivity index (χ1) is 7.93. The molecule has 0 aliphatic rings. The summed E-state index contributed by atoms with van der Waals surface area (Å²) in [5.74, 6) is 0.594. The number of carbonyl (C=O) groups excluding carboxylic acids is 1. The van der Waals surface area contributed by atoms with Crippen molar-refractivity contribution in [2.24, 2.45) is 11.7 Å². The van der Waals surface area contributed by atoms with Crippen molar-refractivity contribution in [3.8, 4) is 0 Å². The van der Waals surface area contributed by atoms with E-state index in [2.05, 4.69) is 38.3 Å². The second kappa shape index (κ2) is 9.42. The third-order valence-electron chi connectivity index (χ3n) is 2.60. The summed E-state index contributed by atoms with van der Waals surface area (Å²) in [4.78, 5) is 11.6. The summed E-state index contributed by atoms with van der Waals surface area (Å²) in [5, 5.41) is 6.19. The van der Waals surface area contributed by atoms with Crippen LogP contribution in [0.1, 0.15) is 47.0 Å². The van der Waals surface area contributed by atoms with Crippen LogP contribution < -0.4 is 16.4 Å². The summed E-state index contributed by atoms with van der Waals surface area (Å²) in [7, 11) is 0. The Bertz CT molecular complexity index is 205. The van der Waals surface area contributed by atoms with Crippen molar-refractivity contribution in [3.63, 3.8) is 0 Å². The molecule has 4 nitrogen and oxygen atoms in total. The minimum atomic E-state index is -0.365. The largest absolute Gasteiger partial charge is 0.355 e. The molecule has 0 saturated carbocycles. The number of nitrogens with two attached hydrogens (primary N) is 1. The van der Waals surface area contributed by atoms with Crippen LogP contribution in [0.3, 0.4) is 0 Å². The smallest absolute Gasteiger partial charge is 0.236 e. The Morgan fingerprint density at radius 3 is 2.29 bits per heavy atom. The lowest BCUT2D eigenvalue weighted by atomic mass is 10.1. The van der Waals surface area contributed by atoms with E-state index in [0.29, 0.717) is 12.0 Å². The molecule has 0 radical (unpaired) electrons. The molecule has 0 aromatic carbocycles. The summed E-state index contributed by atoms with van der Waals surface area (Å²) in [5.41, 5.74) is 5.81. The van der Waals surface area contributed by atoms with E-state index in [1.807, 2.05) is 0 Å². The molecule has 0 fully saturated rings. The van der Waals surface area contributed by atoms with Crippen molar-refractivity contribution in [2.75, 3.05) is 13.1 Å². The molecular formula is C13H29N3O. The average molecular weight is 243 g/mol. The lowest BCUT2D eigenvalue weighted by molar-refractivity contribution is -0.122. The molecule has 0 aromatic rings. The van der Waals surface area contributed by atoms with Crippen LogP contribution in [0, 0.1) is 5.92 Å². The molecule has 0 bridgehead atoms. The van der Waals surface area contributed by atoms with Crippen LogP contribution in [0.15, 0.2) is 0 Å². The van der Waals surface area contributed by atoms with Crippen LogP contribution in [0.5, 0.6) is 0 Å². The van der Waals surface area contributed by atoms with Crippen molar-refractivity contribution >= 4 is 5.91 Å². The summed E-state index contributed by atoms with van der Waals surface area (Å²) >= 11 is 0. The molecule has 0 aliphatic heterocycles. The van der Waals surface area contributed by atoms with Crippen molar-refractivity contribution in [2.45, 2.75) is 59.0 Å². The van der Waals surface area contributed by atoms with Gasteiger partial charge < -0.3 is 16.4 Å².